The van der Waals surface area contributed by atoms with E-state index in [-0.39, 0.29) is 12.0 Å². The number of nitrogens with one attached hydrogen (secondary N) is 1. The van der Waals surface area contributed by atoms with Crippen LogP contribution in [0.3, 0.4) is 0 Å². The molecule has 1 aliphatic heterocycles. The van der Waals surface area contributed by atoms with Crippen LogP contribution in [0.5, 0.6) is 5.75 Å². The highest BCUT2D eigenvalue weighted by Crippen LogP contribution is 2.35. The first-order chi connectivity index (χ1) is 13.1. The molecule has 0 radical (unpaired) electrons. The van der Waals surface area contributed by atoms with Crippen LogP contribution in [0.4, 0.5) is 5.69 Å². The maximum Gasteiger partial charge on any atom is 0.253 e. The molecule has 0 bridgehead atoms. The van der Waals surface area contributed by atoms with E-state index in [1.165, 1.54) is 25.7 Å². The fraction of sp³-hybridized carbons (Fsp3) is 0.619. The normalized spacial score (nSPS) is 26.1. The summed E-state index contributed by atoms with van der Waals surface area (Å²) in [5.74, 6) is 1.35. The number of rotatable bonds is 4. The van der Waals surface area contributed by atoms with E-state index >= 15 is 0 Å². The van der Waals surface area contributed by atoms with E-state index in [1.807, 2.05) is 12.1 Å². The van der Waals surface area contributed by atoms with Crippen LogP contribution in [-0.2, 0) is 9.53 Å². The highest BCUT2D eigenvalue weighted by atomic mass is 16.5. The highest BCUT2D eigenvalue weighted by Gasteiger charge is 2.24. The van der Waals surface area contributed by atoms with Crippen molar-refractivity contribution in [1.29, 1.82) is 0 Å². The van der Waals surface area contributed by atoms with Crippen LogP contribution < -0.4 is 10.1 Å². The number of nitrogens with zero attached hydrogens (tertiary/aromatic N) is 2. The molecule has 0 spiro atoms. The third kappa shape index (κ3) is 3.95. The number of benzene rings is 1. The summed E-state index contributed by atoms with van der Waals surface area (Å²) in [5, 5.41) is 8.79. The number of hydrogen-bond acceptors (Lipinski definition) is 4. The molecule has 27 heavy (non-hydrogen) atoms. The number of aromatic nitrogens is 2. The van der Waals surface area contributed by atoms with Crippen LogP contribution in [0, 0.1) is 5.92 Å². The van der Waals surface area contributed by atoms with Gasteiger partial charge in [-0.25, -0.2) is 0 Å². The van der Waals surface area contributed by atoms with Crippen molar-refractivity contribution in [3.63, 3.8) is 0 Å². The van der Waals surface area contributed by atoms with Crippen LogP contribution >= 0.6 is 0 Å². The number of anilines is 1. The number of fused-ring (bicyclic) bond motifs is 1. The van der Waals surface area contributed by atoms with Crippen molar-refractivity contribution in [2.45, 2.75) is 64.0 Å². The summed E-state index contributed by atoms with van der Waals surface area (Å²) >= 11 is 0. The minimum atomic E-state index is -0.369. The lowest BCUT2D eigenvalue weighted by atomic mass is 9.87. The molecule has 6 heteroatoms. The topological polar surface area (TPSA) is 65.4 Å². The van der Waals surface area contributed by atoms with Gasteiger partial charge in [-0.3, -0.25) is 9.48 Å². The molecule has 1 aliphatic carbocycles. The van der Waals surface area contributed by atoms with Gasteiger partial charge in [0.25, 0.3) is 5.91 Å². The second-order valence-electron chi connectivity index (χ2n) is 7.98. The summed E-state index contributed by atoms with van der Waals surface area (Å²) < 4.78 is 13.2. The summed E-state index contributed by atoms with van der Waals surface area (Å²) in [6, 6.07) is 4.34. The standard InChI is InChI=1S/C21H29N3O3/c1-14-6-8-16(9-7-14)24-13-15-11-18(20(26-2)12-17(15)23-24)22-21(25)19-5-3-4-10-27-19/h11-14,16,19H,3-10H2,1-2H3,(H,22,25)/t14?,16?,19-/m1/s1. The predicted molar refractivity (Wildman–Crippen MR) is 105 cm³/mol. The SMILES string of the molecule is COc1cc2nn(C3CCC(C)CC3)cc2cc1NC(=O)[C@H]1CCCCO1. The minimum Gasteiger partial charge on any atom is -0.494 e. The van der Waals surface area contributed by atoms with Crippen molar-refractivity contribution in [1.82, 2.24) is 9.78 Å². The second-order valence-corrected chi connectivity index (χ2v) is 7.98. The molecule has 2 aromatic rings. The Labute approximate surface area is 160 Å². The van der Waals surface area contributed by atoms with Gasteiger partial charge in [0, 0.05) is 24.3 Å². The first-order valence-electron chi connectivity index (χ1n) is 10.1. The third-order valence-electron chi connectivity index (χ3n) is 5.93. The van der Waals surface area contributed by atoms with Gasteiger partial charge in [0.1, 0.15) is 11.9 Å². The fourth-order valence-corrected chi connectivity index (χ4v) is 4.19. The molecule has 2 heterocycles. The van der Waals surface area contributed by atoms with Gasteiger partial charge in [-0.05, 0) is 56.9 Å². The van der Waals surface area contributed by atoms with E-state index in [9.17, 15) is 4.79 Å². The third-order valence-corrected chi connectivity index (χ3v) is 5.93. The molecule has 2 fully saturated rings. The Kier molecular flexibility index (Phi) is 5.34. The fourth-order valence-electron chi connectivity index (χ4n) is 4.19. The highest BCUT2D eigenvalue weighted by molar-refractivity contribution is 5.98. The molecule has 1 atom stereocenters. The van der Waals surface area contributed by atoms with Gasteiger partial charge >= 0.3 is 0 Å². The zero-order valence-electron chi connectivity index (χ0n) is 16.2. The average Bonchev–Trinajstić information content (AvgIpc) is 3.11. The van der Waals surface area contributed by atoms with Gasteiger partial charge < -0.3 is 14.8 Å². The van der Waals surface area contributed by atoms with Gasteiger partial charge in [0.2, 0.25) is 0 Å². The summed E-state index contributed by atoms with van der Waals surface area (Å²) in [5.41, 5.74) is 1.58. The average molecular weight is 371 g/mol. The van der Waals surface area contributed by atoms with Crippen molar-refractivity contribution < 1.29 is 14.3 Å². The molecule has 6 nitrogen and oxygen atoms in total. The summed E-state index contributed by atoms with van der Waals surface area (Å²) in [4.78, 5) is 12.5. The quantitative estimate of drug-likeness (QED) is 0.870. The first-order valence-corrected chi connectivity index (χ1v) is 10.1. The smallest absolute Gasteiger partial charge is 0.253 e. The van der Waals surface area contributed by atoms with Crippen molar-refractivity contribution in [3.05, 3.63) is 18.3 Å². The molecule has 0 unspecified atom stereocenters. The van der Waals surface area contributed by atoms with Crippen molar-refractivity contribution in [2.24, 2.45) is 5.92 Å². The minimum absolute atomic E-state index is 0.0963. The molecule has 4 rings (SSSR count). The molecular weight excluding hydrogens is 342 g/mol. The molecule has 1 N–H and O–H groups in total. The largest absolute Gasteiger partial charge is 0.494 e. The van der Waals surface area contributed by atoms with Crippen molar-refractivity contribution in [2.75, 3.05) is 19.0 Å². The van der Waals surface area contributed by atoms with Gasteiger partial charge in [-0.1, -0.05) is 6.92 Å². The van der Waals surface area contributed by atoms with Gasteiger partial charge in [0.05, 0.1) is 24.4 Å². The van der Waals surface area contributed by atoms with E-state index in [0.29, 0.717) is 24.1 Å². The number of carbonyl (C=O) groups excluding carboxylic acids is 1. The number of hydrogen-bond donors (Lipinski definition) is 1. The van der Waals surface area contributed by atoms with Crippen molar-refractivity contribution in [3.8, 4) is 5.75 Å². The molecule has 146 valence electrons. The molecule has 1 aromatic heterocycles. The molecule has 1 saturated carbocycles. The van der Waals surface area contributed by atoms with Crippen LogP contribution in [0.25, 0.3) is 10.9 Å². The lowest BCUT2D eigenvalue weighted by molar-refractivity contribution is -0.129. The first kappa shape index (κ1) is 18.3. The zero-order valence-corrected chi connectivity index (χ0v) is 16.2. The van der Waals surface area contributed by atoms with E-state index in [0.717, 1.165) is 36.1 Å². The van der Waals surface area contributed by atoms with E-state index in [4.69, 9.17) is 14.6 Å². The van der Waals surface area contributed by atoms with Crippen LogP contribution in [0.2, 0.25) is 0 Å². The molecule has 1 amide bonds. The lowest BCUT2D eigenvalue weighted by Crippen LogP contribution is -2.33. The predicted octanol–water partition coefficient (Wildman–Crippen LogP) is 4.30. The van der Waals surface area contributed by atoms with Crippen LogP contribution in [-0.4, -0.2) is 35.5 Å². The Balaban J connectivity index is 1.56. The number of amides is 1. The van der Waals surface area contributed by atoms with E-state index < -0.39 is 0 Å². The number of carbonyl (C=O) groups is 1. The lowest BCUT2D eigenvalue weighted by Gasteiger charge is -2.26. The Morgan fingerprint density at radius 2 is 2.04 bits per heavy atom. The number of methoxy groups -OCH3 is 1. The van der Waals surface area contributed by atoms with Gasteiger partial charge in [-0.2, -0.15) is 5.10 Å². The maximum atomic E-state index is 12.5. The number of ether oxygens (including phenoxy) is 2. The second kappa shape index (κ2) is 7.89. The van der Waals surface area contributed by atoms with Gasteiger partial charge in [0.15, 0.2) is 0 Å². The Hall–Kier alpha value is -2.08. The van der Waals surface area contributed by atoms with E-state index in [1.54, 1.807) is 7.11 Å². The summed E-state index contributed by atoms with van der Waals surface area (Å²) in [6.45, 7) is 2.98. The molecule has 1 saturated heterocycles. The summed E-state index contributed by atoms with van der Waals surface area (Å²) in [6.07, 6.45) is 9.42. The Morgan fingerprint density at radius 3 is 2.74 bits per heavy atom. The monoisotopic (exact) mass is 371 g/mol. The zero-order chi connectivity index (χ0) is 18.8. The van der Waals surface area contributed by atoms with Crippen molar-refractivity contribution >= 4 is 22.5 Å². The summed E-state index contributed by atoms with van der Waals surface area (Å²) in [7, 11) is 1.62. The Morgan fingerprint density at radius 1 is 1.22 bits per heavy atom. The molecule has 1 aromatic carbocycles. The molecular formula is C21H29N3O3. The van der Waals surface area contributed by atoms with Crippen LogP contribution in [0.1, 0.15) is 57.9 Å². The van der Waals surface area contributed by atoms with E-state index in [2.05, 4.69) is 23.1 Å². The Bertz CT molecular complexity index is 802. The maximum absolute atomic E-state index is 12.5. The van der Waals surface area contributed by atoms with Gasteiger partial charge in [-0.15, -0.1) is 0 Å². The molecule has 2 aliphatic rings. The van der Waals surface area contributed by atoms with Crippen LogP contribution in [0.15, 0.2) is 18.3 Å².